The molecule has 0 aliphatic rings. The summed E-state index contributed by atoms with van der Waals surface area (Å²) in [5.74, 6) is 0.248. The summed E-state index contributed by atoms with van der Waals surface area (Å²) < 4.78 is 0.827. The Bertz CT molecular complexity index is 324. The van der Waals surface area contributed by atoms with Gasteiger partial charge in [-0.15, -0.1) is 11.3 Å². The summed E-state index contributed by atoms with van der Waals surface area (Å²) in [6.07, 6.45) is 0.632. The zero-order valence-electron chi connectivity index (χ0n) is 8.79. The summed E-state index contributed by atoms with van der Waals surface area (Å²) in [6.45, 7) is 4.79. The van der Waals surface area contributed by atoms with Gasteiger partial charge in [-0.05, 0) is 18.7 Å². The fraction of sp³-hybridized carbons (Fsp3) is 0.500. The summed E-state index contributed by atoms with van der Waals surface area (Å²) in [5.41, 5.74) is 5.33. The lowest BCUT2D eigenvalue weighted by atomic mass is 10.3. The van der Waals surface area contributed by atoms with Crippen LogP contribution in [0.2, 0.25) is 4.34 Å². The molecule has 1 aromatic heterocycles. The van der Waals surface area contributed by atoms with Gasteiger partial charge in [-0.25, -0.2) is 0 Å². The average Bonchev–Trinajstić information content (AvgIpc) is 2.58. The molecule has 1 rings (SSSR count). The third-order valence-corrected chi connectivity index (χ3v) is 3.37. The van der Waals surface area contributed by atoms with Crippen LogP contribution in [0.5, 0.6) is 0 Å². The largest absolute Gasteiger partial charge is 0.388 e. The molecule has 1 heterocycles. The first-order chi connectivity index (χ1) is 7.11. The number of hydrogen-bond donors (Lipinski definition) is 2. The highest BCUT2D eigenvalue weighted by molar-refractivity contribution is 7.16. The maximum absolute atomic E-state index is 7.18. The smallest absolute Gasteiger partial charge is 0.0931 e. The van der Waals surface area contributed by atoms with Crippen LogP contribution in [-0.2, 0) is 6.54 Å². The highest BCUT2D eigenvalue weighted by atomic mass is 35.5. The van der Waals surface area contributed by atoms with Crippen LogP contribution in [0.25, 0.3) is 0 Å². The Labute approximate surface area is 99.3 Å². The van der Waals surface area contributed by atoms with Gasteiger partial charge in [0.2, 0.25) is 0 Å². The minimum absolute atomic E-state index is 0.248. The summed E-state index contributed by atoms with van der Waals surface area (Å²) in [6, 6.07) is 3.96. The Morgan fingerprint density at radius 2 is 2.33 bits per heavy atom. The first-order valence-corrected chi connectivity index (χ1v) is 6.10. The van der Waals surface area contributed by atoms with Gasteiger partial charge in [0.15, 0.2) is 0 Å². The molecule has 0 aliphatic carbocycles. The highest BCUT2D eigenvalue weighted by Gasteiger charge is 2.06. The molecule has 0 bridgehead atoms. The van der Waals surface area contributed by atoms with Crippen molar-refractivity contribution < 1.29 is 0 Å². The Morgan fingerprint density at radius 3 is 2.80 bits per heavy atom. The molecule has 0 atom stereocenters. The standard InChI is InChI=1S/C10H16ClN3S/c1-2-14(6-5-10(12)13)7-8-3-4-9(11)15-8/h3-4H,2,5-7H2,1H3,(H3,12,13). The third kappa shape index (κ3) is 4.64. The number of nitrogens with zero attached hydrogens (tertiary/aromatic N) is 1. The number of nitrogens with one attached hydrogen (secondary N) is 1. The van der Waals surface area contributed by atoms with Gasteiger partial charge in [0.05, 0.1) is 10.2 Å². The van der Waals surface area contributed by atoms with Crippen LogP contribution in [0.4, 0.5) is 0 Å². The van der Waals surface area contributed by atoms with Gasteiger partial charge in [-0.1, -0.05) is 18.5 Å². The van der Waals surface area contributed by atoms with Gasteiger partial charge in [0, 0.05) is 24.4 Å². The van der Waals surface area contributed by atoms with Crippen molar-refractivity contribution in [3.8, 4) is 0 Å². The molecular formula is C10H16ClN3S. The molecule has 0 saturated heterocycles. The minimum Gasteiger partial charge on any atom is -0.388 e. The number of hydrogen-bond acceptors (Lipinski definition) is 3. The second-order valence-corrected chi connectivity index (χ2v) is 5.15. The van der Waals surface area contributed by atoms with Gasteiger partial charge in [-0.3, -0.25) is 10.3 Å². The Kier molecular flexibility index (Phi) is 5.08. The number of nitrogens with two attached hydrogens (primary N) is 1. The molecule has 3 N–H and O–H groups in total. The maximum Gasteiger partial charge on any atom is 0.0931 e. The van der Waals surface area contributed by atoms with Gasteiger partial charge in [0.25, 0.3) is 0 Å². The van der Waals surface area contributed by atoms with E-state index in [1.54, 1.807) is 11.3 Å². The van der Waals surface area contributed by atoms with E-state index in [4.69, 9.17) is 22.7 Å². The Morgan fingerprint density at radius 1 is 1.60 bits per heavy atom. The zero-order chi connectivity index (χ0) is 11.3. The molecule has 3 nitrogen and oxygen atoms in total. The lowest BCUT2D eigenvalue weighted by molar-refractivity contribution is 0.290. The molecule has 1 aromatic rings. The van der Waals surface area contributed by atoms with Gasteiger partial charge in [-0.2, -0.15) is 0 Å². The first kappa shape index (κ1) is 12.5. The van der Waals surface area contributed by atoms with Crippen molar-refractivity contribution in [1.82, 2.24) is 4.90 Å². The average molecular weight is 246 g/mol. The van der Waals surface area contributed by atoms with Crippen molar-refractivity contribution in [3.63, 3.8) is 0 Å². The molecule has 0 unspecified atom stereocenters. The molecule has 0 fully saturated rings. The van der Waals surface area contributed by atoms with Crippen LogP contribution < -0.4 is 5.73 Å². The van der Waals surface area contributed by atoms with Crippen molar-refractivity contribution >= 4 is 28.8 Å². The van der Waals surface area contributed by atoms with E-state index < -0.39 is 0 Å². The molecule has 5 heteroatoms. The summed E-state index contributed by atoms with van der Waals surface area (Å²) in [5, 5.41) is 7.18. The van der Waals surface area contributed by atoms with Gasteiger partial charge < -0.3 is 5.73 Å². The number of amidine groups is 1. The quantitative estimate of drug-likeness (QED) is 0.598. The fourth-order valence-corrected chi connectivity index (χ4v) is 2.41. The van der Waals surface area contributed by atoms with Crippen molar-refractivity contribution in [2.75, 3.05) is 13.1 Å². The predicted molar refractivity (Wildman–Crippen MR) is 66.8 cm³/mol. The van der Waals surface area contributed by atoms with Gasteiger partial charge >= 0.3 is 0 Å². The molecule has 0 saturated carbocycles. The predicted octanol–water partition coefficient (Wildman–Crippen LogP) is 2.55. The van der Waals surface area contributed by atoms with E-state index in [2.05, 4.69) is 11.8 Å². The number of rotatable bonds is 6. The van der Waals surface area contributed by atoms with Gasteiger partial charge in [0.1, 0.15) is 0 Å². The second kappa shape index (κ2) is 6.10. The lowest BCUT2D eigenvalue weighted by Crippen LogP contribution is -2.27. The Balaban J connectivity index is 2.42. The molecule has 0 aliphatic heterocycles. The van der Waals surface area contributed by atoms with Crippen LogP contribution in [0.3, 0.4) is 0 Å². The summed E-state index contributed by atoms with van der Waals surface area (Å²) >= 11 is 7.46. The second-order valence-electron chi connectivity index (χ2n) is 3.35. The van der Waals surface area contributed by atoms with Crippen molar-refractivity contribution in [2.24, 2.45) is 5.73 Å². The third-order valence-electron chi connectivity index (χ3n) is 2.15. The number of halogens is 1. The first-order valence-electron chi connectivity index (χ1n) is 4.91. The van der Waals surface area contributed by atoms with E-state index >= 15 is 0 Å². The van der Waals surface area contributed by atoms with E-state index in [9.17, 15) is 0 Å². The fourth-order valence-electron chi connectivity index (χ4n) is 1.28. The van der Waals surface area contributed by atoms with E-state index in [0.29, 0.717) is 6.42 Å². The van der Waals surface area contributed by atoms with E-state index in [1.165, 1.54) is 4.88 Å². The molecule has 0 aromatic carbocycles. The monoisotopic (exact) mass is 245 g/mol. The van der Waals surface area contributed by atoms with Crippen molar-refractivity contribution in [1.29, 1.82) is 5.41 Å². The SMILES string of the molecule is CCN(CCC(=N)N)Cc1ccc(Cl)s1. The molecule has 15 heavy (non-hydrogen) atoms. The van der Waals surface area contributed by atoms with E-state index in [1.807, 2.05) is 12.1 Å². The van der Waals surface area contributed by atoms with Crippen molar-refractivity contribution in [3.05, 3.63) is 21.3 Å². The van der Waals surface area contributed by atoms with Crippen LogP contribution in [0.1, 0.15) is 18.2 Å². The molecule has 0 amide bonds. The topological polar surface area (TPSA) is 53.1 Å². The van der Waals surface area contributed by atoms with Crippen LogP contribution in [-0.4, -0.2) is 23.8 Å². The molecule has 84 valence electrons. The van der Waals surface area contributed by atoms with Crippen LogP contribution >= 0.6 is 22.9 Å². The maximum atomic E-state index is 7.18. The molecule has 0 spiro atoms. The Hall–Kier alpha value is -0.580. The summed E-state index contributed by atoms with van der Waals surface area (Å²) in [4.78, 5) is 3.51. The number of thiophene rings is 1. The molecular weight excluding hydrogens is 230 g/mol. The van der Waals surface area contributed by atoms with E-state index in [-0.39, 0.29) is 5.84 Å². The van der Waals surface area contributed by atoms with E-state index in [0.717, 1.165) is 24.0 Å². The summed E-state index contributed by atoms with van der Waals surface area (Å²) in [7, 11) is 0. The van der Waals surface area contributed by atoms with Crippen LogP contribution in [0.15, 0.2) is 12.1 Å². The lowest BCUT2D eigenvalue weighted by Gasteiger charge is -2.18. The van der Waals surface area contributed by atoms with Crippen LogP contribution in [0, 0.1) is 5.41 Å². The zero-order valence-corrected chi connectivity index (χ0v) is 10.4. The highest BCUT2D eigenvalue weighted by Crippen LogP contribution is 2.22. The molecule has 0 radical (unpaired) electrons. The normalized spacial score (nSPS) is 10.9. The van der Waals surface area contributed by atoms with Crippen molar-refractivity contribution in [2.45, 2.75) is 19.9 Å². The minimum atomic E-state index is 0.248.